The zero-order chi connectivity index (χ0) is 79.9. The molecule has 2 nitrogen and oxygen atoms in total. The van der Waals surface area contributed by atoms with Crippen molar-refractivity contribution in [1.29, 1.82) is 0 Å². The third-order valence-corrected chi connectivity index (χ3v) is 27.9. The maximum absolute atomic E-state index is 2.59. The fraction of sp³-hybridized carbons (Fsp3) is 0.0847. The van der Waals surface area contributed by atoms with Gasteiger partial charge in [0.25, 0.3) is 0 Å². The lowest BCUT2D eigenvalue weighted by atomic mass is 9.67. The van der Waals surface area contributed by atoms with Gasteiger partial charge in [0, 0.05) is 39.5 Å². The molecule has 0 bridgehead atoms. The van der Waals surface area contributed by atoms with Crippen molar-refractivity contribution in [2.45, 2.75) is 59.7 Å². The lowest BCUT2D eigenvalue weighted by Crippen LogP contribution is -2.29. The van der Waals surface area contributed by atoms with Crippen LogP contribution >= 0.6 is 0 Å². The molecule has 0 N–H and O–H groups in total. The molecule has 1 atom stereocenters. The average molecular weight is 1530 g/mol. The summed E-state index contributed by atoms with van der Waals surface area (Å²) in [5.74, 6) is 0. The number of anilines is 6. The van der Waals surface area contributed by atoms with Gasteiger partial charge in [0.15, 0.2) is 0 Å². The summed E-state index contributed by atoms with van der Waals surface area (Å²) in [6.07, 6.45) is 0.905. The summed E-state index contributed by atoms with van der Waals surface area (Å²) < 4.78 is 0. The summed E-state index contributed by atoms with van der Waals surface area (Å²) in [6.45, 7) is 7.48. The van der Waals surface area contributed by atoms with Crippen LogP contribution < -0.4 is 9.80 Å². The quantitative estimate of drug-likeness (QED) is 0.101. The summed E-state index contributed by atoms with van der Waals surface area (Å²) >= 11 is 0. The molecule has 120 heavy (non-hydrogen) atoms. The molecule has 2 heteroatoms. The lowest BCUT2D eigenvalue weighted by molar-refractivity contribution is 0.425. The van der Waals surface area contributed by atoms with Gasteiger partial charge in [-0.05, 0) is 235 Å². The lowest BCUT2D eigenvalue weighted by Gasteiger charge is -2.36. The molecule has 23 rings (SSSR count). The van der Waals surface area contributed by atoms with Gasteiger partial charge in [-0.25, -0.2) is 0 Å². The number of benzene rings is 18. The first-order valence-corrected chi connectivity index (χ1v) is 42.4. The highest BCUT2D eigenvalue weighted by atomic mass is 15.1. The van der Waals surface area contributed by atoms with Crippen molar-refractivity contribution in [2.75, 3.05) is 9.80 Å². The smallest absolute Gasteiger partial charge is 0.0714 e. The van der Waals surface area contributed by atoms with Crippen molar-refractivity contribution >= 4 is 34.1 Å². The van der Waals surface area contributed by atoms with E-state index < -0.39 is 21.7 Å². The predicted molar refractivity (Wildman–Crippen MR) is 496 cm³/mol. The van der Waals surface area contributed by atoms with E-state index in [1.165, 1.54) is 150 Å². The van der Waals surface area contributed by atoms with E-state index >= 15 is 0 Å². The van der Waals surface area contributed by atoms with E-state index in [1.807, 2.05) is 0 Å². The van der Waals surface area contributed by atoms with Crippen LogP contribution in [0.2, 0.25) is 0 Å². The van der Waals surface area contributed by atoms with Gasteiger partial charge in [-0.2, -0.15) is 0 Å². The zero-order valence-corrected chi connectivity index (χ0v) is 67.4. The first kappa shape index (κ1) is 70.9. The van der Waals surface area contributed by atoms with Crippen LogP contribution in [0, 0.1) is 0 Å². The molecular weight excluding hydrogens is 1450 g/mol. The van der Waals surface area contributed by atoms with Crippen LogP contribution in [-0.4, -0.2) is 0 Å². The van der Waals surface area contributed by atoms with Gasteiger partial charge in [0.2, 0.25) is 0 Å². The third kappa shape index (κ3) is 10.1. The van der Waals surface area contributed by atoms with Crippen molar-refractivity contribution in [3.8, 4) is 44.5 Å². The van der Waals surface area contributed by atoms with Crippen LogP contribution in [-0.2, 0) is 32.5 Å². The summed E-state index contributed by atoms with van der Waals surface area (Å²) in [5, 5.41) is 0. The normalized spacial score (nSPS) is 16.1. The molecule has 0 heterocycles. The molecule has 0 saturated carbocycles. The minimum atomic E-state index is -0.617. The highest BCUT2D eigenvalue weighted by Gasteiger charge is 2.53. The second-order valence-corrected chi connectivity index (χ2v) is 34.4. The first-order valence-electron chi connectivity index (χ1n) is 42.4. The van der Waals surface area contributed by atoms with E-state index in [-0.39, 0.29) is 10.8 Å². The van der Waals surface area contributed by atoms with Crippen LogP contribution in [0.1, 0.15) is 133 Å². The van der Waals surface area contributed by atoms with E-state index in [0.717, 1.165) is 40.5 Å². The van der Waals surface area contributed by atoms with Crippen molar-refractivity contribution < 1.29 is 0 Å². The number of hydrogen-bond donors (Lipinski definition) is 0. The molecule has 0 amide bonds. The van der Waals surface area contributed by atoms with Gasteiger partial charge in [0.1, 0.15) is 0 Å². The van der Waals surface area contributed by atoms with Gasteiger partial charge in [-0.1, -0.05) is 403 Å². The van der Waals surface area contributed by atoms with E-state index in [2.05, 4.69) is 486 Å². The molecule has 1 unspecified atom stereocenters. The Bertz CT molecular complexity index is 6500. The van der Waals surface area contributed by atoms with E-state index in [1.54, 1.807) is 0 Å². The molecule has 0 saturated heterocycles. The van der Waals surface area contributed by atoms with Crippen molar-refractivity contribution in [3.63, 3.8) is 0 Å². The maximum atomic E-state index is 2.59. The van der Waals surface area contributed by atoms with Crippen molar-refractivity contribution in [1.82, 2.24) is 0 Å². The Balaban J connectivity index is 0.709. The maximum Gasteiger partial charge on any atom is 0.0714 e. The topological polar surface area (TPSA) is 6.48 Å². The van der Waals surface area contributed by atoms with Crippen LogP contribution in [0.3, 0.4) is 0 Å². The summed E-state index contributed by atoms with van der Waals surface area (Å²) in [7, 11) is 0. The van der Waals surface area contributed by atoms with Crippen LogP contribution in [0.4, 0.5) is 34.1 Å². The SMILES string of the molecule is CC1(C)CC(C)(c2ccc(N(c3ccc4c(c3)C(c3ccccc3)(c3ccccc3)c3ccccc3-4)c3ccc4c(c3)C(c3ccccc3)(c3ccccc3)c3ccccc3-4)cc2)c2ccc(N(c3ccc4c(c3)C(c3ccccc3)(c3ccccc3)c3ccccc3-4)c3ccc4c(c3)C(c3ccccc3)(c3ccccc3)c3ccccc3-4)cc21. The molecule has 5 aliphatic carbocycles. The third-order valence-electron chi connectivity index (χ3n) is 27.9. The molecular formula is C118H86N2. The van der Waals surface area contributed by atoms with E-state index in [0.29, 0.717) is 0 Å². The Morgan fingerprint density at radius 2 is 0.358 bits per heavy atom. The van der Waals surface area contributed by atoms with Gasteiger partial charge in [0.05, 0.1) is 21.7 Å². The van der Waals surface area contributed by atoms with Crippen LogP contribution in [0.25, 0.3) is 44.5 Å². The highest BCUT2D eigenvalue weighted by molar-refractivity contribution is 5.96. The predicted octanol–water partition coefficient (Wildman–Crippen LogP) is 29.1. The molecule has 568 valence electrons. The second kappa shape index (κ2) is 27.3. The Hall–Kier alpha value is -14.4. The van der Waals surface area contributed by atoms with Gasteiger partial charge >= 0.3 is 0 Å². The molecule has 18 aromatic carbocycles. The number of hydrogen-bond acceptors (Lipinski definition) is 2. The van der Waals surface area contributed by atoms with Crippen molar-refractivity contribution in [3.05, 3.63) is 561 Å². The molecule has 5 aliphatic rings. The molecule has 0 aromatic heterocycles. The average Bonchev–Trinajstić information content (AvgIpc) is 1.54. The summed E-state index contributed by atoms with van der Waals surface area (Å²) in [6, 6.07) is 173. The Morgan fingerprint density at radius 1 is 0.158 bits per heavy atom. The highest BCUT2D eigenvalue weighted by Crippen LogP contribution is 2.64. The fourth-order valence-corrected chi connectivity index (χ4v) is 23.2. The van der Waals surface area contributed by atoms with Crippen molar-refractivity contribution in [2.24, 2.45) is 0 Å². The van der Waals surface area contributed by atoms with Crippen LogP contribution in [0.5, 0.6) is 0 Å². The molecule has 0 aliphatic heterocycles. The fourth-order valence-electron chi connectivity index (χ4n) is 23.2. The first-order chi connectivity index (χ1) is 59.1. The van der Waals surface area contributed by atoms with Gasteiger partial charge in [-0.15, -0.1) is 0 Å². The number of rotatable bonds is 15. The van der Waals surface area contributed by atoms with Gasteiger partial charge in [-0.3, -0.25) is 0 Å². The van der Waals surface area contributed by atoms with Crippen LogP contribution in [0.15, 0.2) is 455 Å². The largest absolute Gasteiger partial charge is 0.310 e. The minimum Gasteiger partial charge on any atom is -0.310 e. The Kier molecular flexibility index (Phi) is 16.2. The standard InChI is InChI=1S/C118H86N2/c1-113(2)79-114(3,80-60-62-89(63-61-80)119(90-64-69-99-95-52-28-32-56-103(95)115(108(99)74-90,81-36-12-4-13-37-81)82-38-14-5-15-39-82)91-65-70-100-96-53-29-33-57-104(96)116(109(100)75-91,83-40-16-6-17-41-83)84-42-18-7-19-43-84)107-73-68-94(78-112(107)113)120(92-66-71-101-97-54-30-34-58-105(97)117(110(101)76-92,85-44-20-8-21-45-85)86-46-22-9-23-47-86)93-67-72-102-98-55-31-35-59-106(98)118(111(102)77-93,87-48-24-10-25-49-87)88-50-26-11-27-51-88/h4-78H,79H2,1-3H3. The van der Waals surface area contributed by atoms with E-state index in [4.69, 9.17) is 0 Å². The van der Waals surface area contributed by atoms with Gasteiger partial charge < -0.3 is 9.80 Å². The Morgan fingerprint density at radius 3 is 0.617 bits per heavy atom. The molecule has 18 aromatic rings. The zero-order valence-electron chi connectivity index (χ0n) is 67.4. The summed E-state index contributed by atoms with van der Waals surface area (Å²) in [5.41, 5.74) is 37.5. The Labute approximate surface area is 704 Å². The number of fused-ring (bicyclic) bond motifs is 13. The van der Waals surface area contributed by atoms with E-state index in [9.17, 15) is 0 Å². The number of nitrogens with zero attached hydrogens (tertiary/aromatic N) is 2. The monoisotopic (exact) mass is 1530 g/mol. The molecule has 0 fully saturated rings. The second-order valence-electron chi connectivity index (χ2n) is 34.4. The summed E-state index contributed by atoms with van der Waals surface area (Å²) in [4.78, 5) is 5.14. The molecule has 0 radical (unpaired) electrons. The minimum absolute atomic E-state index is 0.251. The molecule has 0 spiro atoms.